The monoisotopic (exact) mass is 418 g/mol. The largest absolute Gasteiger partial charge is 0.441 e. The van der Waals surface area contributed by atoms with Crippen LogP contribution < -0.4 is 5.32 Å². The summed E-state index contributed by atoms with van der Waals surface area (Å²) in [5.74, 6) is 1.20. The first-order valence-corrected chi connectivity index (χ1v) is 10.9. The molecule has 1 atom stereocenters. The quantitative estimate of drug-likeness (QED) is 0.638. The number of nitrogens with zero attached hydrogens (tertiary/aromatic N) is 3. The number of hydrogen-bond acceptors (Lipinski definition) is 5. The number of piperazine rings is 1. The van der Waals surface area contributed by atoms with Crippen molar-refractivity contribution >= 4 is 5.91 Å². The zero-order valence-electron chi connectivity index (χ0n) is 18.3. The second kappa shape index (κ2) is 9.90. The van der Waals surface area contributed by atoms with Crippen LogP contribution in [0.5, 0.6) is 0 Å². The number of amides is 1. The standard InChI is InChI=1S/C25H30N4O2/c1-19-22(27-25(31-19)21-11-7-4-8-12-21)17-24(30)26-23(20-9-5-3-6-10-20)18-29-15-13-28(2)14-16-29/h3-12,23H,13-18H2,1-2H3,(H,26,30). The second-order valence-corrected chi connectivity index (χ2v) is 8.20. The molecule has 6 heteroatoms. The Hall–Kier alpha value is -2.96. The molecule has 4 rings (SSSR count). The van der Waals surface area contributed by atoms with Gasteiger partial charge in [-0.1, -0.05) is 48.5 Å². The number of nitrogens with one attached hydrogen (secondary N) is 1. The van der Waals surface area contributed by atoms with Crippen LogP contribution in [0.2, 0.25) is 0 Å². The Morgan fingerprint density at radius 2 is 1.68 bits per heavy atom. The minimum Gasteiger partial charge on any atom is -0.441 e. The molecule has 1 aromatic heterocycles. The van der Waals surface area contributed by atoms with Crippen LogP contribution in [0.3, 0.4) is 0 Å². The fourth-order valence-electron chi connectivity index (χ4n) is 3.90. The number of carbonyl (C=O) groups excluding carboxylic acids is 1. The lowest BCUT2D eigenvalue weighted by Crippen LogP contribution is -2.48. The summed E-state index contributed by atoms with van der Waals surface area (Å²) in [5.41, 5.74) is 2.72. The molecule has 2 heterocycles. The summed E-state index contributed by atoms with van der Waals surface area (Å²) >= 11 is 0. The second-order valence-electron chi connectivity index (χ2n) is 8.20. The number of benzene rings is 2. The Morgan fingerprint density at radius 1 is 1.03 bits per heavy atom. The summed E-state index contributed by atoms with van der Waals surface area (Å²) < 4.78 is 5.82. The summed E-state index contributed by atoms with van der Waals surface area (Å²) in [6, 6.07) is 19.9. The Morgan fingerprint density at radius 3 is 2.35 bits per heavy atom. The number of likely N-dealkylation sites (N-methyl/N-ethyl adjacent to an activating group) is 1. The lowest BCUT2D eigenvalue weighted by Gasteiger charge is -2.35. The fraction of sp³-hybridized carbons (Fsp3) is 0.360. The highest BCUT2D eigenvalue weighted by Gasteiger charge is 2.22. The van der Waals surface area contributed by atoms with Crippen LogP contribution >= 0.6 is 0 Å². The third-order valence-electron chi connectivity index (χ3n) is 5.82. The first-order chi connectivity index (χ1) is 15.1. The summed E-state index contributed by atoms with van der Waals surface area (Å²) in [7, 11) is 2.15. The van der Waals surface area contributed by atoms with Crippen LogP contribution in [0.15, 0.2) is 65.1 Å². The Labute approximate surface area is 183 Å². The molecule has 1 aliphatic rings. The maximum absolute atomic E-state index is 13.0. The van der Waals surface area contributed by atoms with Gasteiger partial charge < -0.3 is 14.6 Å². The minimum absolute atomic E-state index is 0.0426. The zero-order chi connectivity index (χ0) is 21.6. The van der Waals surface area contributed by atoms with Crippen molar-refractivity contribution in [2.24, 2.45) is 0 Å². The number of carbonyl (C=O) groups is 1. The molecule has 0 radical (unpaired) electrons. The van der Waals surface area contributed by atoms with Crippen LogP contribution in [0.1, 0.15) is 23.1 Å². The van der Waals surface area contributed by atoms with Crippen molar-refractivity contribution in [2.75, 3.05) is 39.8 Å². The Bertz CT molecular complexity index is 979. The maximum atomic E-state index is 13.0. The average Bonchev–Trinajstić information content (AvgIpc) is 3.16. The predicted octanol–water partition coefficient (Wildman–Crippen LogP) is 3.30. The van der Waals surface area contributed by atoms with E-state index in [0.29, 0.717) is 17.3 Å². The van der Waals surface area contributed by atoms with Gasteiger partial charge in [-0.15, -0.1) is 0 Å². The smallest absolute Gasteiger partial charge is 0.226 e. The zero-order valence-corrected chi connectivity index (χ0v) is 18.3. The van der Waals surface area contributed by atoms with Gasteiger partial charge in [-0.05, 0) is 31.7 Å². The van der Waals surface area contributed by atoms with Gasteiger partial charge in [0.05, 0.1) is 18.2 Å². The van der Waals surface area contributed by atoms with Crippen molar-refractivity contribution in [1.82, 2.24) is 20.1 Å². The van der Waals surface area contributed by atoms with Gasteiger partial charge in [0.15, 0.2) is 0 Å². The molecule has 0 bridgehead atoms. The molecule has 0 aliphatic carbocycles. The van der Waals surface area contributed by atoms with E-state index in [9.17, 15) is 4.79 Å². The molecule has 2 aromatic carbocycles. The molecule has 6 nitrogen and oxygen atoms in total. The molecule has 1 fully saturated rings. The Balaban J connectivity index is 1.44. The number of aryl methyl sites for hydroxylation is 1. The SMILES string of the molecule is Cc1oc(-c2ccccc2)nc1CC(=O)NC(CN1CCN(C)CC1)c1ccccc1. The highest BCUT2D eigenvalue weighted by atomic mass is 16.4. The van der Waals surface area contributed by atoms with Crippen LogP contribution in [-0.4, -0.2) is 60.5 Å². The molecule has 31 heavy (non-hydrogen) atoms. The average molecular weight is 419 g/mol. The van der Waals surface area contributed by atoms with Gasteiger partial charge in [-0.25, -0.2) is 4.98 Å². The highest BCUT2D eigenvalue weighted by Crippen LogP contribution is 2.22. The van der Waals surface area contributed by atoms with Crippen molar-refractivity contribution in [3.8, 4) is 11.5 Å². The van der Waals surface area contributed by atoms with Crippen LogP contribution in [0.4, 0.5) is 0 Å². The highest BCUT2D eigenvalue weighted by molar-refractivity contribution is 5.79. The summed E-state index contributed by atoms with van der Waals surface area (Å²) in [6.45, 7) is 6.79. The van der Waals surface area contributed by atoms with E-state index in [-0.39, 0.29) is 18.4 Å². The van der Waals surface area contributed by atoms with Gasteiger partial charge in [0.2, 0.25) is 11.8 Å². The van der Waals surface area contributed by atoms with Gasteiger partial charge in [-0.3, -0.25) is 9.69 Å². The molecular weight excluding hydrogens is 388 g/mol. The molecule has 0 saturated carbocycles. The lowest BCUT2D eigenvalue weighted by molar-refractivity contribution is -0.121. The van der Waals surface area contributed by atoms with E-state index in [1.165, 1.54) is 0 Å². The molecule has 1 N–H and O–H groups in total. The fourth-order valence-corrected chi connectivity index (χ4v) is 3.90. The third kappa shape index (κ3) is 5.60. The van der Waals surface area contributed by atoms with Gasteiger partial charge in [-0.2, -0.15) is 0 Å². The predicted molar refractivity (Wildman–Crippen MR) is 122 cm³/mol. The maximum Gasteiger partial charge on any atom is 0.226 e. The van der Waals surface area contributed by atoms with Gasteiger partial charge in [0.1, 0.15) is 5.76 Å². The van der Waals surface area contributed by atoms with Gasteiger partial charge in [0, 0.05) is 38.3 Å². The molecule has 162 valence electrons. The van der Waals surface area contributed by atoms with E-state index in [1.807, 2.05) is 55.5 Å². The van der Waals surface area contributed by atoms with E-state index in [1.54, 1.807) is 0 Å². The molecule has 1 unspecified atom stereocenters. The molecular formula is C25H30N4O2. The van der Waals surface area contributed by atoms with Crippen LogP contribution in [0.25, 0.3) is 11.5 Å². The van der Waals surface area contributed by atoms with Gasteiger partial charge in [0.25, 0.3) is 0 Å². The van der Waals surface area contributed by atoms with E-state index in [4.69, 9.17) is 4.42 Å². The normalized spacial score (nSPS) is 16.2. The number of oxazole rings is 1. The minimum atomic E-state index is -0.0575. The van der Waals surface area contributed by atoms with Crippen molar-refractivity contribution in [1.29, 1.82) is 0 Å². The van der Waals surface area contributed by atoms with Crippen molar-refractivity contribution < 1.29 is 9.21 Å². The van der Waals surface area contributed by atoms with E-state index < -0.39 is 0 Å². The van der Waals surface area contributed by atoms with Crippen molar-refractivity contribution in [2.45, 2.75) is 19.4 Å². The molecule has 1 aliphatic heterocycles. The van der Waals surface area contributed by atoms with E-state index in [0.717, 1.165) is 43.9 Å². The van der Waals surface area contributed by atoms with Crippen molar-refractivity contribution in [3.05, 3.63) is 77.7 Å². The molecule has 1 amide bonds. The summed E-state index contributed by atoms with van der Waals surface area (Å²) in [6.07, 6.45) is 0.203. The van der Waals surface area contributed by atoms with Crippen molar-refractivity contribution in [3.63, 3.8) is 0 Å². The van der Waals surface area contributed by atoms with E-state index in [2.05, 4.69) is 39.3 Å². The topological polar surface area (TPSA) is 61.6 Å². The van der Waals surface area contributed by atoms with E-state index >= 15 is 0 Å². The van der Waals surface area contributed by atoms with Crippen LogP contribution in [0, 0.1) is 6.92 Å². The first-order valence-electron chi connectivity index (χ1n) is 10.9. The third-order valence-corrected chi connectivity index (χ3v) is 5.82. The van der Waals surface area contributed by atoms with Crippen LogP contribution in [-0.2, 0) is 11.2 Å². The number of aromatic nitrogens is 1. The summed E-state index contributed by atoms with van der Waals surface area (Å²) in [4.78, 5) is 22.3. The number of hydrogen-bond donors (Lipinski definition) is 1. The lowest BCUT2D eigenvalue weighted by atomic mass is 10.1. The molecule has 1 saturated heterocycles. The van der Waals surface area contributed by atoms with Gasteiger partial charge >= 0.3 is 0 Å². The summed E-state index contributed by atoms with van der Waals surface area (Å²) in [5, 5.41) is 3.24. The molecule has 3 aromatic rings. The Kier molecular flexibility index (Phi) is 6.79. The first kappa shape index (κ1) is 21.3. The molecule has 0 spiro atoms. The number of rotatable bonds is 7.